The molecule has 0 bridgehead atoms. The molecule has 0 atom stereocenters. The lowest BCUT2D eigenvalue weighted by Gasteiger charge is -2.17. The predicted molar refractivity (Wildman–Crippen MR) is 105 cm³/mol. The van der Waals surface area contributed by atoms with Crippen molar-refractivity contribution in [1.29, 1.82) is 0 Å². The molecule has 0 spiro atoms. The summed E-state index contributed by atoms with van der Waals surface area (Å²) < 4.78 is 10.8. The first-order valence-electron chi connectivity index (χ1n) is 8.30. The molecule has 0 radical (unpaired) electrons. The van der Waals surface area contributed by atoms with Gasteiger partial charge in [0, 0.05) is 37.9 Å². The Balaban J connectivity index is 2.08. The predicted octanol–water partition coefficient (Wildman–Crippen LogP) is 4.64. The first-order valence-corrected chi connectivity index (χ1v) is 8.68. The quantitative estimate of drug-likeness (QED) is 0.327. The van der Waals surface area contributed by atoms with Crippen LogP contribution in [0.4, 0.5) is 5.69 Å². The number of H-pyrrole nitrogens is 1. The van der Waals surface area contributed by atoms with Crippen molar-refractivity contribution in [2.75, 3.05) is 32.7 Å². The molecule has 25 heavy (non-hydrogen) atoms. The number of aromatic amines is 1. The van der Waals surface area contributed by atoms with Gasteiger partial charge in [-0.1, -0.05) is 30.3 Å². The number of para-hydroxylation sites is 1. The molecule has 6 heteroatoms. The Labute approximate surface area is 154 Å². The largest absolute Gasteiger partial charge is 0.494 e. The Kier molecular flexibility index (Phi) is 7.22. The molecule has 0 aliphatic carbocycles. The fraction of sp³-hybridized carbons (Fsp3) is 0.368. The molecular weight excluding hydrogens is 338 g/mol. The minimum Gasteiger partial charge on any atom is -0.494 e. The summed E-state index contributed by atoms with van der Waals surface area (Å²) in [5, 5.41) is 8.25. The highest BCUT2D eigenvalue weighted by atomic mass is 35.5. The monoisotopic (exact) mass is 363 g/mol. The standard InChI is InChI=1S/C19H26ClN3O2/c1-13(14(2)25-11-6-5-10-24-4)19(21-3)23-17-9-7-8-15-16(20)12-22-18(15)17/h7-9,12,21-23H,2,5-6,10-11H2,1,3-4H3/b19-13+. The molecular formula is C19H26ClN3O2. The van der Waals surface area contributed by atoms with Gasteiger partial charge in [0.25, 0.3) is 0 Å². The zero-order valence-corrected chi connectivity index (χ0v) is 15.8. The van der Waals surface area contributed by atoms with Crippen molar-refractivity contribution in [3.05, 3.63) is 53.2 Å². The first-order chi connectivity index (χ1) is 12.1. The van der Waals surface area contributed by atoms with Crippen molar-refractivity contribution >= 4 is 28.2 Å². The normalized spacial score (nSPS) is 12.0. The van der Waals surface area contributed by atoms with E-state index in [1.807, 2.05) is 32.2 Å². The molecule has 0 fully saturated rings. The Morgan fingerprint density at radius 2 is 2.04 bits per heavy atom. The number of methoxy groups -OCH3 is 1. The summed E-state index contributed by atoms with van der Waals surface area (Å²) in [6, 6.07) is 5.94. The van der Waals surface area contributed by atoms with Gasteiger partial charge in [-0.3, -0.25) is 0 Å². The van der Waals surface area contributed by atoms with Gasteiger partial charge in [-0.25, -0.2) is 0 Å². The molecule has 0 amide bonds. The van der Waals surface area contributed by atoms with Crippen molar-refractivity contribution in [1.82, 2.24) is 10.3 Å². The maximum Gasteiger partial charge on any atom is 0.118 e. The summed E-state index contributed by atoms with van der Waals surface area (Å²) in [4.78, 5) is 3.20. The molecule has 1 aromatic carbocycles. The number of hydrogen-bond donors (Lipinski definition) is 3. The third-order valence-electron chi connectivity index (χ3n) is 3.99. The lowest BCUT2D eigenvalue weighted by Crippen LogP contribution is -2.18. The average molecular weight is 364 g/mol. The van der Waals surface area contributed by atoms with Crippen LogP contribution in [0.1, 0.15) is 19.8 Å². The first kappa shape index (κ1) is 19.2. The number of benzene rings is 1. The fourth-order valence-electron chi connectivity index (χ4n) is 2.49. The molecule has 1 heterocycles. The second-order valence-electron chi connectivity index (χ2n) is 5.71. The molecule has 0 unspecified atom stereocenters. The number of rotatable bonds is 10. The maximum absolute atomic E-state index is 6.19. The number of halogens is 1. The van der Waals surface area contributed by atoms with Crippen molar-refractivity contribution < 1.29 is 9.47 Å². The highest BCUT2D eigenvalue weighted by Crippen LogP contribution is 2.29. The van der Waals surface area contributed by atoms with Gasteiger partial charge < -0.3 is 25.1 Å². The smallest absolute Gasteiger partial charge is 0.118 e. The maximum atomic E-state index is 6.19. The van der Waals surface area contributed by atoms with E-state index in [2.05, 4.69) is 22.2 Å². The summed E-state index contributed by atoms with van der Waals surface area (Å²) in [7, 11) is 3.56. The van der Waals surface area contributed by atoms with Crippen LogP contribution in [0.2, 0.25) is 5.02 Å². The van der Waals surface area contributed by atoms with Crippen molar-refractivity contribution in [2.45, 2.75) is 19.8 Å². The number of ether oxygens (including phenoxy) is 2. The van der Waals surface area contributed by atoms with Crippen LogP contribution >= 0.6 is 11.6 Å². The molecule has 2 aromatic rings. The van der Waals surface area contributed by atoms with E-state index in [0.29, 0.717) is 17.4 Å². The van der Waals surface area contributed by atoms with Crippen molar-refractivity contribution in [3.8, 4) is 0 Å². The van der Waals surface area contributed by atoms with Gasteiger partial charge in [-0.15, -0.1) is 0 Å². The fourth-order valence-corrected chi connectivity index (χ4v) is 2.71. The second-order valence-corrected chi connectivity index (χ2v) is 6.12. The minimum absolute atomic E-state index is 0.623. The van der Waals surface area contributed by atoms with Gasteiger partial charge in [0.15, 0.2) is 0 Å². The van der Waals surface area contributed by atoms with Gasteiger partial charge in [-0.05, 0) is 25.8 Å². The van der Waals surface area contributed by atoms with Crippen LogP contribution < -0.4 is 10.6 Å². The van der Waals surface area contributed by atoms with Gasteiger partial charge >= 0.3 is 0 Å². The van der Waals surface area contributed by atoms with Crippen LogP contribution in [0.5, 0.6) is 0 Å². The van der Waals surface area contributed by atoms with E-state index in [9.17, 15) is 0 Å². The zero-order chi connectivity index (χ0) is 18.2. The molecule has 0 aliphatic heterocycles. The van der Waals surface area contributed by atoms with E-state index in [-0.39, 0.29) is 0 Å². The zero-order valence-electron chi connectivity index (χ0n) is 15.0. The molecule has 3 N–H and O–H groups in total. The topological polar surface area (TPSA) is 58.3 Å². The molecule has 0 saturated carbocycles. The van der Waals surface area contributed by atoms with E-state index in [1.54, 1.807) is 13.3 Å². The van der Waals surface area contributed by atoms with E-state index < -0.39 is 0 Å². The third-order valence-corrected chi connectivity index (χ3v) is 4.30. The van der Waals surface area contributed by atoms with E-state index >= 15 is 0 Å². The number of aromatic nitrogens is 1. The van der Waals surface area contributed by atoms with E-state index in [0.717, 1.165) is 47.4 Å². The Hall–Kier alpha value is -2.11. The lowest BCUT2D eigenvalue weighted by molar-refractivity contribution is 0.168. The van der Waals surface area contributed by atoms with Crippen molar-refractivity contribution in [2.24, 2.45) is 0 Å². The Morgan fingerprint density at radius 1 is 1.28 bits per heavy atom. The van der Waals surface area contributed by atoms with Crippen LogP contribution in [-0.4, -0.2) is 32.4 Å². The van der Waals surface area contributed by atoms with Crippen LogP contribution in [-0.2, 0) is 9.47 Å². The average Bonchev–Trinajstić information content (AvgIpc) is 3.00. The van der Waals surface area contributed by atoms with Crippen LogP contribution in [0.25, 0.3) is 10.9 Å². The van der Waals surface area contributed by atoms with E-state index in [4.69, 9.17) is 21.1 Å². The number of anilines is 1. The number of unbranched alkanes of at least 4 members (excludes halogenated alkanes) is 1. The summed E-state index contributed by atoms with van der Waals surface area (Å²) >= 11 is 6.19. The van der Waals surface area contributed by atoms with Gasteiger partial charge in [0.05, 0.1) is 22.8 Å². The highest BCUT2D eigenvalue weighted by Gasteiger charge is 2.10. The number of nitrogens with one attached hydrogen (secondary N) is 3. The molecule has 0 aliphatic rings. The Bertz CT molecular complexity index is 752. The van der Waals surface area contributed by atoms with Gasteiger partial charge in [-0.2, -0.15) is 0 Å². The van der Waals surface area contributed by atoms with Crippen LogP contribution in [0.3, 0.4) is 0 Å². The van der Waals surface area contributed by atoms with Crippen LogP contribution in [0, 0.1) is 0 Å². The number of allylic oxidation sites excluding steroid dienone is 1. The SMILES string of the molecule is C=C(OCCCCOC)/C(C)=C(\NC)Nc1cccc2c(Cl)c[nH]c12. The third kappa shape index (κ3) is 4.94. The van der Waals surface area contributed by atoms with Crippen LogP contribution in [0.15, 0.2) is 48.1 Å². The van der Waals surface area contributed by atoms with E-state index in [1.165, 1.54) is 0 Å². The lowest BCUT2D eigenvalue weighted by atomic mass is 10.2. The molecule has 2 rings (SSSR count). The molecule has 136 valence electrons. The second kappa shape index (κ2) is 9.39. The van der Waals surface area contributed by atoms with Gasteiger partial charge in [0.1, 0.15) is 11.6 Å². The summed E-state index contributed by atoms with van der Waals surface area (Å²) in [6.07, 6.45) is 3.69. The Morgan fingerprint density at radius 3 is 2.76 bits per heavy atom. The summed E-state index contributed by atoms with van der Waals surface area (Å²) in [6.45, 7) is 7.37. The minimum atomic E-state index is 0.623. The van der Waals surface area contributed by atoms with Gasteiger partial charge in [0.2, 0.25) is 0 Å². The summed E-state index contributed by atoms with van der Waals surface area (Å²) in [5.74, 6) is 1.48. The molecule has 0 saturated heterocycles. The molecule has 1 aromatic heterocycles. The number of hydrogen-bond acceptors (Lipinski definition) is 4. The molecule has 5 nitrogen and oxygen atoms in total. The highest BCUT2D eigenvalue weighted by molar-refractivity contribution is 6.35. The summed E-state index contributed by atoms with van der Waals surface area (Å²) in [5.41, 5.74) is 2.81. The number of fused-ring (bicyclic) bond motifs is 1. The van der Waals surface area contributed by atoms with Crippen molar-refractivity contribution in [3.63, 3.8) is 0 Å².